The van der Waals surface area contributed by atoms with Gasteiger partial charge in [0.15, 0.2) is 17.5 Å². The summed E-state index contributed by atoms with van der Waals surface area (Å²) in [6.45, 7) is 30.9. The topological polar surface area (TPSA) is 233 Å². The standard InChI is InChI=1S/C22H19BN5P.C21H23B2N4O2P.C21H17N5.2C7H8BrN.C6H5Br2N/c1-13-11-24-12-17(14(13)2)15-8-9-20-16(10-15)21(27-28(20)29(3)23)22-25-18-6-4-5-7-19(18)26-22;1-20(2)21(3,4)29-23(28-20)13-10-11-17-14(12-13)18(26-27(17)30(5)22)19-24-15-8-6-7-9-16(15)25-19;1-12-10-22-11-16(13(12)2)14-7-8-17-15(9-14)20(26-25-17)21-23-18-5-3-4-6-19(18)24-21;2*1-5-3-9-4-7(8)6(5)2;1-4-5(7)2-9-3-6(4)8/h4-12H,1-3H3,(H,25,26);6-12H,1-5H3,(H,24,25);3-11H,1-2H3,(H,23,24)(H,25,26);2*3-4H,1-2H3;2-3H,1H3. The second kappa shape index (κ2) is 34.2. The lowest BCUT2D eigenvalue weighted by Gasteiger charge is -2.32. The summed E-state index contributed by atoms with van der Waals surface area (Å²) in [6.07, 6.45) is 18.5. The van der Waals surface area contributed by atoms with E-state index < -0.39 is 34.2 Å². The van der Waals surface area contributed by atoms with E-state index in [0.29, 0.717) is 0 Å². The molecular formula is C84H80B3Br4N17O2P2. The molecule has 0 bridgehead atoms. The van der Waals surface area contributed by atoms with Crippen molar-refractivity contribution in [1.82, 2.24) is 84.1 Å². The number of pyridine rings is 5. The zero-order valence-corrected chi connectivity index (χ0v) is 72.8. The minimum Gasteiger partial charge on any atom is -0.399 e. The Morgan fingerprint density at radius 2 is 0.750 bits per heavy atom. The first-order valence-electron chi connectivity index (χ1n) is 36.0. The van der Waals surface area contributed by atoms with Crippen molar-refractivity contribution in [3.05, 3.63) is 257 Å². The first-order valence-corrected chi connectivity index (χ1v) is 42.8. The lowest BCUT2D eigenvalue weighted by atomic mass is 9.78. The average Bonchev–Trinajstić information content (AvgIpc) is 1.59. The fourth-order valence-electron chi connectivity index (χ4n) is 12.4. The van der Waals surface area contributed by atoms with Crippen LogP contribution in [0.5, 0.6) is 0 Å². The Balaban J connectivity index is 0.000000126. The van der Waals surface area contributed by atoms with Crippen LogP contribution in [0.15, 0.2) is 207 Å². The minimum absolute atomic E-state index is 0.395. The third kappa shape index (κ3) is 17.3. The number of fused-ring (bicyclic) bond motifs is 6. The Hall–Kier alpha value is -9.22. The molecule has 112 heavy (non-hydrogen) atoms. The molecule has 560 valence electrons. The van der Waals surface area contributed by atoms with Crippen LogP contribution in [-0.4, -0.2) is 131 Å². The van der Waals surface area contributed by atoms with Crippen LogP contribution < -0.4 is 5.46 Å². The van der Waals surface area contributed by atoms with Gasteiger partial charge in [0.25, 0.3) is 0 Å². The van der Waals surface area contributed by atoms with Crippen molar-refractivity contribution in [3.63, 3.8) is 0 Å². The van der Waals surface area contributed by atoms with Crippen molar-refractivity contribution in [2.45, 2.75) is 101 Å². The number of rotatable bonds is 8. The summed E-state index contributed by atoms with van der Waals surface area (Å²) in [4.78, 5) is 45.0. The number of aryl methyl sites for hydroxylation is 4. The van der Waals surface area contributed by atoms with Gasteiger partial charge in [-0.1, -0.05) is 60.7 Å². The van der Waals surface area contributed by atoms with Gasteiger partial charge in [-0.3, -0.25) is 38.9 Å². The molecule has 12 heterocycles. The molecule has 4 radical (unpaired) electrons. The Kier molecular flexibility index (Phi) is 24.7. The molecule has 19 nitrogen and oxygen atoms in total. The molecule has 2 unspecified atom stereocenters. The Labute approximate surface area is 689 Å². The van der Waals surface area contributed by atoms with Crippen molar-refractivity contribution >= 4 is 173 Å². The van der Waals surface area contributed by atoms with Gasteiger partial charge in [-0.2, -0.15) is 15.3 Å². The molecule has 0 saturated carbocycles. The molecule has 0 amide bonds. The quantitative estimate of drug-likeness (QED) is 0.0820. The molecule has 11 aromatic heterocycles. The number of aromatic nitrogens is 17. The summed E-state index contributed by atoms with van der Waals surface area (Å²) >= 11 is 13.5. The van der Waals surface area contributed by atoms with Crippen LogP contribution in [0.2, 0.25) is 0 Å². The highest BCUT2D eigenvalue weighted by atomic mass is 79.9. The number of aromatic amines is 4. The first-order chi connectivity index (χ1) is 53.5. The third-order valence-corrected chi connectivity index (χ3v) is 25.3. The van der Waals surface area contributed by atoms with Crippen LogP contribution in [-0.2, 0) is 9.31 Å². The molecule has 6 aromatic carbocycles. The van der Waals surface area contributed by atoms with E-state index in [1.807, 2.05) is 178 Å². The van der Waals surface area contributed by atoms with Crippen molar-refractivity contribution in [2.75, 3.05) is 13.3 Å². The van der Waals surface area contributed by atoms with Crippen LogP contribution in [0.1, 0.15) is 77.8 Å². The number of nitrogens with one attached hydrogen (secondary N) is 4. The summed E-state index contributed by atoms with van der Waals surface area (Å²) in [7, 11) is 10.2. The van der Waals surface area contributed by atoms with Crippen LogP contribution in [0.4, 0.5) is 0 Å². The maximum atomic E-state index is 6.26. The minimum atomic E-state index is -0.938. The number of imidazole rings is 3. The van der Waals surface area contributed by atoms with Crippen molar-refractivity contribution in [2.24, 2.45) is 0 Å². The monoisotopic (exact) mass is 1770 g/mol. The lowest BCUT2D eigenvalue weighted by Crippen LogP contribution is -2.41. The highest BCUT2D eigenvalue weighted by molar-refractivity contribution is 9.11. The molecule has 2 atom stereocenters. The molecule has 18 rings (SSSR count). The first kappa shape index (κ1) is 80.8. The molecule has 28 heteroatoms. The summed E-state index contributed by atoms with van der Waals surface area (Å²) < 4.78 is 20.6. The van der Waals surface area contributed by atoms with E-state index in [1.165, 1.54) is 50.1 Å². The van der Waals surface area contributed by atoms with Crippen LogP contribution in [0.25, 0.3) is 123 Å². The van der Waals surface area contributed by atoms with E-state index in [4.69, 9.17) is 44.6 Å². The molecule has 1 saturated heterocycles. The number of hydrogen-bond acceptors (Lipinski definition) is 13. The van der Waals surface area contributed by atoms with Crippen molar-refractivity contribution in [3.8, 4) is 56.8 Å². The number of hydrogen-bond donors (Lipinski definition) is 4. The Morgan fingerprint density at radius 3 is 1.15 bits per heavy atom. The maximum absolute atomic E-state index is 6.26. The summed E-state index contributed by atoms with van der Waals surface area (Å²) in [5.41, 5.74) is 26.8. The van der Waals surface area contributed by atoms with Gasteiger partial charge in [0.1, 0.15) is 32.2 Å². The smallest absolute Gasteiger partial charge is 0.399 e. The van der Waals surface area contributed by atoms with Gasteiger partial charge in [-0.25, -0.2) is 15.0 Å². The third-order valence-electron chi connectivity index (χ3n) is 20.3. The molecule has 1 aliphatic rings. The van der Waals surface area contributed by atoms with E-state index in [2.05, 4.69) is 230 Å². The number of para-hydroxylation sites is 6. The van der Waals surface area contributed by atoms with Gasteiger partial charge in [0, 0.05) is 107 Å². The highest BCUT2D eigenvalue weighted by Crippen LogP contribution is 2.42. The van der Waals surface area contributed by atoms with Crippen molar-refractivity contribution < 1.29 is 9.31 Å². The van der Waals surface area contributed by atoms with Gasteiger partial charge < -0.3 is 24.3 Å². The van der Waals surface area contributed by atoms with Crippen LogP contribution in [0, 0.1) is 62.3 Å². The molecule has 4 N–H and O–H groups in total. The normalized spacial score (nSPS) is 13.4. The lowest BCUT2D eigenvalue weighted by molar-refractivity contribution is 0.00578. The molecule has 17 aromatic rings. The summed E-state index contributed by atoms with van der Waals surface area (Å²) in [5.74, 6) is 2.25. The van der Waals surface area contributed by atoms with E-state index in [1.54, 1.807) is 12.4 Å². The van der Waals surface area contributed by atoms with Gasteiger partial charge in [0.2, 0.25) is 0 Å². The van der Waals surface area contributed by atoms with Gasteiger partial charge >= 0.3 is 7.12 Å². The van der Waals surface area contributed by atoms with Gasteiger partial charge in [-0.05, 0) is 316 Å². The summed E-state index contributed by atoms with van der Waals surface area (Å²) in [6, 6.07) is 42.8. The van der Waals surface area contributed by atoms with E-state index in [0.717, 1.165) is 146 Å². The van der Waals surface area contributed by atoms with Crippen molar-refractivity contribution in [1.29, 1.82) is 0 Å². The van der Waals surface area contributed by atoms with Gasteiger partial charge in [0.05, 0.1) is 60.9 Å². The average molecular weight is 1770 g/mol. The largest absolute Gasteiger partial charge is 0.494 e. The number of benzene rings is 6. The predicted octanol–water partition coefficient (Wildman–Crippen LogP) is 21.7. The number of halogens is 4. The second-order valence-corrected chi connectivity index (χ2v) is 34.9. The SMILES string of the molecule is Cc1c(Br)cncc1Br.Cc1cncc(-c2ccc3[nH]nc(-c4nc5ccccc5[nH]4)c3c2)c1C.Cc1cncc(Br)c1C.Cc1cncc(Br)c1C.[B]P(C)n1nc(-c2nc3ccccc3[nH]2)c2cc(-c3cncc(C)c3C)ccc21.[B]P(C)n1nc(-c2nc3ccccc3[nH]2)c2cc(B3OC(C)(C)C(C)(C)O3)ccc21. The number of nitrogens with zero attached hydrogens (tertiary/aromatic N) is 13. The molecule has 1 aliphatic heterocycles. The Bertz CT molecular complexity index is 6020. The van der Waals surface area contributed by atoms with E-state index >= 15 is 0 Å². The molecule has 1 fully saturated rings. The zero-order chi connectivity index (χ0) is 79.6. The summed E-state index contributed by atoms with van der Waals surface area (Å²) in [5, 5.41) is 20.3. The fourth-order valence-corrected chi connectivity index (χ4v) is 15.7. The molecular weight excluding hydrogens is 1690 g/mol. The van der Waals surface area contributed by atoms with Crippen LogP contribution in [0.3, 0.4) is 0 Å². The molecule has 0 aliphatic carbocycles. The van der Waals surface area contributed by atoms with Crippen LogP contribution >= 0.6 is 79.6 Å². The number of H-pyrrole nitrogens is 4. The van der Waals surface area contributed by atoms with E-state index in [-0.39, 0.29) is 0 Å². The van der Waals surface area contributed by atoms with E-state index in [9.17, 15) is 0 Å². The molecule has 0 spiro atoms. The Morgan fingerprint density at radius 1 is 0.393 bits per heavy atom. The second-order valence-electron chi connectivity index (χ2n) is 28.5. The fraction of sp³-hybridized carbons (Fsp3) is 0.202. The maximum Gasteiger partial charge on any atom is 0.494 e. The van der Waals surface area contributed by atoms with Gasteiger partial charge in [-0.15, -0.1) is 0 Å². The highest BCUT2D eigenvalue weighted by Gasteiger charge is 2.52. The predicted molar refractivity (Wildman–Crippen MR) is 477 cm³/mol. The zero-order valence-electron chi connectivity index (χ0n) is 64.7.